The normalized spacial score (nSPS) is 16.1. The number of phenols is 1. The second kappa shape index (κ2) is 8.61. The van der Waals surface area contributed by atoms with Crippen LogP contribution in [0.1, 0.15) is 24.8 Å². The molecule has 1 aromatic carbocycles. The van der Waals surface area contributed by atoms with Gasteiger partial charge in [-0.1, -0.05) is 23.2 Å². The Hall–Kier alpha value is -0.970. The van der Waals surface area contributed by atoms with Crippen LogP contribution >= 0.6 is 23.2 Å². The van der Waals surface area contributed by atoms with Crippen LogP contribution in [0.15, 0.2) is 12.1 Å². The third-order valence-corrected chi connectivity index (χ3v) is 4.98. The van der Waals surface area contributed by atoms with Gasteiger partial charge >= 0.3 is 0 Å². The fourth-order valence-corrected chi connectivity index (χ4v) is 3.12. The molecule has 1 aliphatic rings. The fraction of sp³-hybridized carbons (Fsp3) is 0.562. The number of carbonyl (C=O) groups excluding carboxylic acids is 1. The van der Waals surface area contributed by atoms with Crippen molar-refractivity contribution in [3.8, 4) is 5.75 Å². The van der Waals surface area contributed by atoms with Crippen LogP contribution in [-0.2, 0) is 11.2 Å². The van der Waals surface area contributed by atoms with E-state index >= 15 is 0 Å². The van der Waals surface area contributed by atoms with E-state index in [-0.39, 0.29) is 5.75 Å². The molecule has 1 heterocycles. The first-order valence-electron chi connectivity index (χ1n) is 7.64. The number of halogens is 2. The Balaban J connectivity index is 1.96. The Morgan fingerprint density at radius 1 is 1.32 bits per heavy atom. The van der Waals surface area contributed by atoms with Gasteiger partial charge in [0.2, 0.25) is 6.41 Å². The molecule has 0 aliphatic carbocycles. The maximum atomic E-state index is 10.4. The van der Waals surface area contributed by atoms with Crippen LogP contribution in [0.25, 0.3) is 0 Å². The molecule has 0 spiro atoms. The molecule has 1 fully saturated rings. The third-order valence-electron chi connectivity index (χ3n) is 4.26. The Bertz CT molecular complexity index is 507. The SMILES string of the molecule is O=CNCCC(CCC1CNC1)Cc1cc(Cl)c(Cl)cc1O. The van der Waals surface area contributed by atoms with Gasteiger partial charge in [-0.15, -0.1) is 0 Å². The largest absolute Gasteiger partial charge is 0.508 e. The monoisotopic (exact) mass is 344 g/mol. The maximum Gasteiger partial charge on any atom is 0.207 e. The molecule has 122 valence electrons. The number of nitrogens with one attached hydrogen (secondary N) is 2. The highest BCUT2D eigenvalue weighted by Gasteiger charge is 2.20. The van der Waals surface area contributed by atoms with Crippen molar-refractivity contribution in [2.45, 2.75) is 25.7 Å². The summed E-state index contributed by atoms with van der Waals surface area (Å²) in [7, 11) is 0. The minimum absolute atomic E-state index is 0.188. The Labute approximate surface area is 141 Å². The topological polar surface area (TPSA) is 61.4 Å². The van der Waals surface area contributed by atoms with Crippen LogP contribution in [0.3, 0.4) is 0 Å². The van der Waals surface area contributed by atoms with Gasteiger partial charge in [-0.25, -0.2) is 0 Å². The molecule has 0 radical (unpaired) electrons. The van der Waals surface area contributed by atoms with Gasteiger partial charge in [-0.2, -0.15) is 0 Å². The van der Waals surface area contributed by atoms with Crippen LogP contribution in [0.5, 0.6) is 5.75 Å². The van der Waals surface area contributed by atoms with Gasteiger partial charge in [-0.3, -0.25) is 4.79 Å². The van der Waals surface area contributed by atoms with E-state index in [2.05, 4.69) is 10.6 Å². The highest BCUT2D eigenvalue weighted by Crippen LogP contribution is 2.32. The lowest BCUT2D eigenvalue weighted by molar-refractivity contribution is -0.109. The Morgan fingerprint density at radius 3 is 2.68 bits per heavy atom. The molecular weight excluding hydrogens is 323 g/mol. The van der Waals surface area contributed by atoms with Crippen molar-refractivity contribution in [3.63, 3.8) is 0 Å². The highest BCUT2D eigenvalue weighted by atomic mass is 35.5. The molecule has 2 rings (SSSR count). The van der Waals surface area contributed by atoms with Gasteiger partial charge in [0.25, 0.3) is 0 Å². The lowest BCUT2D eigenvalue weighted by atomic mass is 9.86. The summed E-state index contributed by atoms with van der Waals surface area (Å²) in [5.41, 5.74) is 0.817. The van der Waals surface area contributed by atoms with Crippen molar-refractivity contribution in [1.29, 1.82) is 0 Å². The second-order valence-corrected chi connectivity index (χ2v) is 6.74. The van der Waals surface area contributed by atoms with Gasteiger partial charge in [0, 0.05) is 12.6 Å². The zero-order chi connectivity index (χ0) is 15.9. The molecule has 1 amide bonds. The summed E-state index contributed by atoms with van der Waals surface area (Å²) in [6, 6.07) is 3.24. The predicted molar refractivity (Wildman–Crippen MR) is 89.6 cm³/mol. The van der Waals surface area contributed by atoms with E-state index in [1.54, 1.807) is 6.07 Å². The van der Waals surface area contributed by atoms with E-state index < -0.39 is 0 Å². The molecule has 1 atom stereocenters. The van der Waals surface area contributed by atoms with Crippen molar-refractivity contribution in [3.05, 3.63) is 27.7 Å². The highest BCUT2D eigenvalue weighted by molar-refractivity contribution is 6.42. The minimum Gasteiger partial charge on any atom is -0.508 e. The summed E-state index contributed by atoms with van der Waals surface area (Å²) in [5.74, 6) is 1.34. The van der Waals surface area contributed by atoms with Crippen molar-refractivity contribution in [2.24, 2.45) is 11.8 Å². The zero-order valence-electron chi connectivity index (χ0n) is 12.4. The summed E-state index contributed by atoms with van der Waals surface area (Å²) in [6.07, 6.45) is 4.60. The van der Waals surface area contributed by atoms with Gasteiger partial charge in [0.05, 0.1) is 10.0 Å². The van der Waals surface area contributed by atoms with Crippen molar-refractivity contribution in [2.75, 3.05) is 19.6 Å². The third kappa shape index (κ3) is 5.04. The van der Waals surface area contributed by atoms with E-state index in [1.165, 1.54) is 12.5 Å². The molecule has 0 saturated carbocycles. The van der Waals surface area contributed by atoms with Crippen LogP contribution < -0.4 is 10.6 Å². The molecule has 1 aromatic rings. The van der Waals surface area contributed by atoms with Gasteiger partial charge in [0.15, 0.2) is 0 Å². The second-order valence-electron chi connectivity index (χ2n) is 5.93. The molecule has 4 nitrogen and oxygen atoms in total. The lowest BCUT2D eigenvalue weighted by Gasteiger charge is -2.29. The number of rotatable bonds is 9. The smallest absolute Gasteiger partial charge is 0.207 e. The van der Waals surface area contributed by atoms with Gasteiger partial charge < -0.3 is 15.7 Å². The Morgan fingerprint density at radius 2 is 2.05 bits per heavy atom. The number of hydrogen-bond acceptors (Lipinski definition) is 3. The molecule has 1 aliphatic heterocycles. The average Bonchev–Trinajstić information content (AvgIpc) is 2.43. The number of aromatic hydroxyl groups is 1. The molecule has 1 saturated heterocycles. The van der Waals surface area contributed by atoms with Gasteiger partial charge in [-0.05, 0) is 62.2 Å². The average molecular weight is 345 g/mol. The van der Waals surface area contributed by atoms with Crippen LogP contribution in [0.4, 0.5) is 0 Å². The first-order chi connectivity index (χ1) is 10.6. The first kappa shape index (κ1) is 17.4. The number of amides is 1. The van der Waals surface area contributed by atoms with Crippen molar-refractivity contribution >= 4 is 29.6 Å². The number of benzene rings is 1. The summed E-state index contributed by atoms with van der Waals surface area (Å²) < 4.78 is 0. The van der Waals surface area contributed by atoms with Crippen LogP contribution in [0, 0.1) is 11.8 Å². The van der Waals surface area contributed by atoms with E-state index in [9.17, 15) is 9.90 Å². The minimum atomic E-state index is 0.188. The van der Waals surface area contributed by atoms with E-state index in [0.29, 0.717) is 22.5 Å². The van der Waals surface area contributed by atoms with Gasteiger partial charge in [0.1, 0.15) is 5.75 Å². The van der Waals surface area contributed by atoms with Crippen LogP contribution in [0.2, 0.25) is 10.0 Å². The molecule has 0 bridgehead atoms. The van der Waals surface area contributed by atoms with E-state index in [0.717, 1.165) is 50.2 Å². The standard InChI is InChI=1S/C16H22Cl2N2O2/c17-14-6-13(16(22)7-15(14)18)5-11(3-4-19-10-21)1-2-12-8-20-9-12/h6-7,10-12,20,22H,1-5,8-9H2,(H,19,21). The number of hydrogen-bond donors (Lipinski definition) is 3. The Kier molecular flexibility index (Phi) is 6.80. The number of carbonyl (C=O) groups is 1. The first-order valence-corrected chi connectivity index (χ1v) is 8.40. The number of phenolic OH excluding ortho intramolecular Hbond substituents is 1. The summed E-state index contributed by atoms with van der Waals surface area (Å²) >= 11 is 12.0. The molecule has 3 N–H and O–H groups in total. The molecule has 1 unspecified atom stereocenters. The summed E-state index contributed by atoms with van der Waals surface area (Å²) in [4.78, 5) is 10.4. The molecule has 0 aromatic heterocycles. The lowest BCUT2D eigenvalue weighted by Crippen LogP contribution is -2.42. The zero-order valence-corrected chi connectivity index (χ0v) is 14.0. The molecular formula is C16H22Cl2N2O2. The molecule has 22 heavy (non-hydrogen) atoms. The van der Waals surface area contributed by atoms with Crippen molar-refractivity contribution < 1.29 is 9.90 Å². The summed E-state index contributed by atoms with van der Waals surface area (Å²) in [6.45, 7) is 2.84. The summed E-state index contributed by atoms with van der Waals surface area (Å²) in [5, 5.41) is 16.9. The van der Waals surface area contributed by atoms with E-state index in [4.69, 9.17) is 23.2 Å². The van der Waals surface area contributed by atoms with E-state index in [1.807, 2.05) is 0 Å². The van der Waals surface area contributed by atoms with Crippen LogP contribution in [-0.4, -0.2) is 31.2 Å². The van der Waals surface area contributed by atoms with Crippen molar-refractivity contribution in [1.82, 2.24) is 10.6 Å². The predicted octanol–water partition coefficient (Wildman–Crippen LogP) is 2.99. The quantitative estimate of drug-likeness (QED) is 0.476. The molecule has 6 heteroatoms. The maximum absolute atomic E-state index is 10.4. The fourth-order valence-electron chi connectivity index (χ4n) is 2.77.